The van der Waals surface area contributed by atoms with Crippen LogP contribution in [0.5, 0.6) is 0 Å². The first-order valence-electron chi connectivity index (χ1n) is 4.94. The summed E-state index contributed by atoms with van der Waals surface area (Å²) in [5.41, 5.74) is 1.89. The van der Waals surface area contributed by atoms with E-state index in [9.17, 15) is 4.79 Å². The van der Waals surface area contributed by atoms with Crippen molar-refractivity contribution in [2.45, 2.75) is 20.4 Å². The highest BCUT2D eigenvalue weighted by atomic mass is 79.9. The lowest BCUT2D eigenvalue weighted by molar-refractivity contribution is 0.100. The lowest BCUT2D eigenvalue weighted by Gasteiger charge is -2.04. The molecule has 0 radical (unpaired) electrons. The summed E-state index contributed by atoms with van der Waals surface area (Å²) in [6, 6.07) is 7.97. The Labute approximate surface area is 97.0 Å². The third-order valence-electron chi connectivity index (χ3n) is 2.57. The van der Waals surface area contributed by atoms with Crippen molar-refractivity contribution in [1.82, 2.24) is 4.57 Å². The highest BCUT2D eigenvalue weighted by Crippen LogP contribution is 2.27. The van der Waals surface area contributed by atoms with E-state index in [1.165, 1.54) is 0 Å². The van der Waals surface area contributed by atoms with Gasteiger partial charge in [-0.25, -0.2) is 0 Å². The van der Waals surface area contributed by atoms with E-state index in [0.717, 1.165) is 27.6 Å². The van der Waals surface area contributed by atoms with Gasteiger partial charge in [0.15, 0.2) is 5.78 Å². The van der Waals surface area contributed by atoms with Gasteiger partial charge in [-0.1, -0.05) is 22.0 Å². The van der Waals surface area contributed by atoms with Crippen molar-refractivity contribution in [1.29, 1.82) is 0 Å². The fraction of sp³-hybridized carbons (Fsp3) is 0.250. The Morgan fingerprint density at radius 2 is 2.20 bits per heavy atom. The quantitative estimate of drug-likeness (QED) is 0.761. The van der Waals surface area contributed by atoms with Crippen molar-refractivity contribution >= 4 is 32.6 Å². The standard InChI is InChI=1S/C12H12BrNO/c1-3-14-11-6-4-5-10(13)9(11)7-12(14)8(2)15/h4-7H,3H2,1-2H3. The van der Waals surface area contributed by atoms with Crippen LogP contribution in [0.1, 0.15) is 24.3 Å². The highest BCUT2D eigenvalue weighted by Gasteiger charge is 2.12. The summed E-state index contributed by atoms with van der Waals surface area (Å²) in [6.45, 7) is 4.47. The predicted molar refractivity (Wildman–Crippen MR) is 65.3 cm³/mol. The molecule has 0 atom stereocenters. The van der Waals surface area contributed by atoms with Gasteiger partial charge in [0.25, 0.3) is 0 Å². The maximum atomic E-state index is 11.5. The zero-order valence-corrected chi connectivity index (χ0v) is 10.3. The number of ketones is 1. The molecular weight excluding hydrogens is 254 g/mol. The number of fused-ring (bicyclic) bond motifs is 1. The topological polar surface area (TPSA) is 22.0 Å². The Morgan fingerprint density at radius 3 is 2.80 bits per heavy atom. The maximum absolute atomic E-state index is 11.5. The first kappa shape index (κ1) is 10.4. The van der Waals surface area contributed by atoms with Crippen molar-refractivity contribution < 1.29 is 4.79 Å². The molecule has 0 aliphatic carbocycles. The third-order valence-corrected chi connectivity index (χ3v) is 3.26. The summed E-state index contributed by atoms with van der Waals surface area (Å²) in [5.74, 6) is 0.111. The Morgan fingerprint density at radius 1 is 1.47 bits per heavy atom. The van der Waals surface area contributed by atoms with Gasteiger partial charge in [-0.2, -0.15) is 0 Å². The summed E-state index contributed by atoms with van der Waals surface area (Å²) >= 11 is 3.50. The van der Waals surface area contributed by atoms with Crippen LogP contribution in [0.15, 0.2) is 28.7 Å². The van der Waals surface area contributed by atoms with Crippen LogP contribution < -0.4 is 0 Å². The lowest BCUT2D eigenvalue weighted by atomic mass is 10.2. The van der Waals surface area contributed by atoms with E-state index >= 15 is 0 Å². The highest BCUT2D eigenvalue weighted by molar-refractivity contribution is 9.10. The summed E-state index contributed by atoms with van der Waals surface area (Å²) in [7, 11) is 0. The molecule has 0 unspecified atom stereocenters. The van der Waals surface area contributed by atoms with Crippen LogP contribution in [0.4, 0.5) is 0 Å². The van der Waals surface area contributed by atoms with Crippen LogP contribution in [0.2, 0.25) is 0 Å². The SMILES string of the molecule is CCn1c(C(C)=O)cc2c(Br)cccc21. The largest absolute Gasteiger partial charge is 0.338 e. The fourth-order valence-electron chi connectivity index (χ4n) is 1.88. The second-order valence-corrected chi connectivity index (χ2v) is 4.36. The number of rotatable bonds is 2. The number of benzene rings is 1. The molecule has 2 nitrogen and oxygen atoms in total. The molecule has 0 N–H and O–H groups in total. The molecular formula is C12H12BrNO. The van der Waals surface area contributed by atoms with Crippen LogP contribution >= 0.6 is 15.9 Å². The number of nitrogens with zero attached hydrogens (tertiary/aromatic N) is 1. The molecule has 0 spiro atoms. The smallest absolute Gasteiger partial charge is 0.176 e. The summed E-state index contributed by atoms with van der Waals surface area (Å²) in [4.78, 5) is 11.5. The minimum atomic E-state index is 0.111. The second-order valence-electron chi connectivity index (χ2n) is 3.50. The number of carbonyl (C=O) groups is 1. The zero-order valence-electron chi connectivity index (χ0n) is 8.75. The van der Waals surface area contributed by atoms with Crippen LogP contribution in [-0.2, 0) is 6.54 Å². The Hall–Kier alpha value is -1.09. The number of aryl methyl sites for hydroxylation is 1. The Balaban J connectivity index is 2.84. The minimum Gasteiger partial charge on any atom is -0.338 e. The van der Waals surface area contributed by atoms with Crippen LogP contribution in [0, 0.1) is 0 Å². The molecule has 1 aromatic heterocycles. The third kappa shape index (κ3) is 1.61. The first-order valence-corrected chi connectivity index (χ1v) is 5.73. The number of hydrogen-bond donors (Lipinski definition) is 0. The van der Waals surface area contributed by atoms with Crippen molar-refractivity contribution in [2.24, 2.45) is 0 Å². The van der Waals surface area contributed by atoms with E-state index < -0.39 is 0 Å². The van der Waals surface area contributed by atoms with Gasteiger partial charge in [0, 0.05) is 28.8 Å². The summed E-state index contributed by atoms with van der Waals surface area (Å²) in [5, 5.41) is 1.10. The lowest BCUT2D eigenvalue weighted by Crippen LogP contribution is -2.04. The molecule has 0 amide bonds. The van der Waals surface area contributed by atoms with E-state index in [0.29, 0.717) is 0 Å². The zero-order chi connectivity index (χ0) is 11.0. The Bertz CT molecular complexity index is 528. The van der Waals surface area contributed by atoms with E-state index in [4.69, 9.17) is 0 Å². The number of Topliss-reactive ketones (excluding diaryl/α,β-unsaturated/α-hetero) is 1. The molecule has 0 saturated carbocycles. The van der Waals surface area contributed by atoms with E-state index in [2.05, 4.69) is 15.9 Å². The predicted octanol–water partition coefficient (Wildman–Crippen LogP) is 3.63. The number of carbonyl (C=O) groups excluding carboxylic acids is 1. The van der Waals surface area contributed by atoms with Gasteiger partial charge in [0.2, 0.25) is 0 Å². The van der Waals surface area contributed by atoms with Crippen LogP contribution in [0.25, 0.3) is 10.9 Å². The molecule has 0 bridgehead atoms. The fourth-order valence-corrected chi connectivity index (χ4v) is 2.35. The van der Waals surface area contributed by atoms with Gasteiger partial charge in [-0.15, -0.1) is 0 Å². The molecule has 0 aliphatic rings. The number of halogens is 1. The van der Waals surface area contributed by atoms with Crippen molar-refractivity contribution in [3.63, 3.8) is 0 Å². The van der Waals surface area contributed by atoms with Crippen molar-refractivity contribution in [3.05, 3.63) is 34.4 Å². The second kappa shape index (κ2) is 3.81. The van der Waals surface area contributed by atoms with Gasteiger partial charge < -0.3 is 4.57 Å². The molecule has 0 aliphatic heterocycles. The van der Waals surface area contributed by atoms with Crippen LogP contribution in [0.3, 0.4) is 0 Å². The van der Waals surface area contributed by atoms with Gasteiger partial charge in [0.1, 0.15) is 0 Å². The van der Waals surface area contributed by atoms with Crippen molar-refractivity contribution in [3.8, 4) is 0 Å². The Kier molecular flexibility index (Phi) is 2.65. The average Bonchev–Trinajstić information content (AvgIpc) is 2.57. The molecule has 1 aromatic carbocycles. The number of aromatic nitrogens is 1. The molecule has 1 heterocycles. The first-order chi connectivity index (χ1) is 7.15. The van der Waals surface area contributed by atoms with E-state index in [-0.39, 0.29) is 5.78 Å². The van der Waals surface area contributed by atoms with E-state index in [1.54, 1.807) is 6.92 Å². The molecule has 0 fully saturated rings. The normalized spacial score (nSPS) is 10.9. The van der Waals surface area contributed by atoms with Gasteiger partial charge in [-0.3, -0.25) is 4.79 Å². The molecule has 0 saturated heterocycles. The monoisotopic (exact) mass is 265 g/mol. The molecule has 3 heteroatoms. The maximum Gasteiger partial charge on any atom is 0.176 e. The van der Waals surface area contributed by atoms with Crippen LogP contribution in [-0.4, -0.2) is 10.4 Å². The number of hydrogen-bond acceptors (Lipinski definition) is 1. The summed E-state index contributed by atoms with van der Waals surface area (Å²) < 4.78 is 3.08. The molecule has 78 valence electrons. The minimum absolute atomic E-state index is 0.111. The summed E-state index contributed by atoms with van der Waals surface area (Å²) in [6.07, 6.45) is 0. The molecule has 15 heavy (non-hydrogen) atoms. The van der Waals surface area contributed by atoms with Gasteiger partial charge in [-0.05, 0) is 25.1 Å². The molecule has 2 rings (SSSR count). The van der Waals surface area contributed by atoms with Gasteiger partial charge in [0.05, 0.1) is 5.69 Å². The van der Waals surface area contributed by atoms with Crippen molar-refractivity contribution in [2.75, 3.05) is 0 Å². The van der Waals surface area contributed by atoms with E-state index in [1.807, 2.05) is 35.8 Å². The molecule has 2 aromatic rings. The average molecular weight is 266 g/mol. The van der Waals surface area contributed by atoms with Gasteiger partial charge >= 0.3 is 0 Å².